The molecule has 0 aromatic carbocycles. The Balaban J connectivity index is 0.00000243. The second kappa shape index (κ2) is 12.6. The highest BCUT2D eigenvalue weighted by Gasteiger charge is 2.15. The van der Waals surface area contributed by atoms with Crippen molar-refractivity contribution in [2.45, 2.75) is 44.6 Å². The van der Waals surface area contributed by atoms with Crippen molar-refractivity contribution < 1.29 is 9.15 Å². The van der Waals surface area contributed by atoms with E-state index >= 15 is 0 Å². The van der Waals surface area contributed by atoms with Crippen LogP contribution in [0.25, 0.3) is 0 Å². The number of nitrogens with zero attached hydrogens (tertiary/aromatic N) is 2. The molecule has 0 saturated carbocycles. The predicted octanol–water partition coefficient (Wildman–Crippen LogP) is 2.64. The van der Waals surface area contributed by atoms with Gasteiger partial charge >= 0.3 is 0 Å². The Kier molecular flexibility index (Phi) is 10.4. The number of hydrogen-bond acceptors (Lipinski definition) is 4. The minimum absolute atomic E-state index is 0. The van der Waals surface area contributed by atoms with Gasteiger partial charge in [0, 0.05) is 32.7 Å². The molecule has 2 aliphatic heterocycles. The Morgan fingerprint density at radius 2 is 2.00 bits per heavy atom. The normalized spacial score (nSPS) is 21.4. The molecule has 3 rings (SSSR count). The number of halogens is 1. The van der Waals surface area contributed by atoms with Crippen molar-refractivity contribution in [1.29, 1.82) is 0 Å². The quantitative estimate of drug-likeness (QED) is 0.343. The molecule has 0 radical (unpaired) electrons. The molecule has 26 heavy (non-hydrogen) atoms. The van der Waals surface area contributed by atoms with Crippen LogP contribution >= 0.6 is 24.0 Å². The number of aliphatic imine (C=N–C) groups is 1. The molecule has 2 N–H and O–H groups in total. The van der Waals surface area contributed by atoms with Gasteiger partial charge in [0.05, 0.1) is 18.9 Å². The Hall–Kier alpha value is -0.800. The van der Waals surface area contributed by atoms with Crippen molar-refractivity contribution in [3.05, 3.63) is 24.2 Å². The lowest BCUT2D eigenvalue weighted by Crippen LogP contribution is -2.43. The summed E-state index contributed by atoms with van der Waals surface area (Å²) < 4.78 is 11.1. The van der Waals surface area contributed by atoms with Gasteiger partial charge < -0.3 is 24.7 Å². The molecule has 1 atom stereocenters. The monoisotopic (exact) mass is 476 g/mol. The third-order valence-corrected chi connectivity index (χ3v) is 4.89. The highest BCUT2D eigenvalue weighted by atomic mass is 127. The van der Waals surface area contributed by atoms with Crippen LogP contribution in [0.1, 0.15) is 37.9 Å². The molecular weight excluding hydrogens is 443 g/mol. The highest BCUT2D eigenvalue weighted by molar-refractivity contribution is 14.0. The summed E-state index contributed by atoms with van der Waals surface area (Å²) in [6.07, 6.45) is 9.19. The molecule has 1 unspecified atom stereocenters. The van der Waals surface area contributed by atoms with E-state index in [1.54, 1.807) is 6.26 Å². The molecule has 0 spiro atoms. The molecule has 1 aromatic heterocycles. The number of furan rings is 1. The number of likely N-dealkylation sites (tertiary alicyclic amines) is 1. The van der Waals surface area contributed by atoms with Crippen LogP contribution in [-0.2, 0) is 11.2 Å². The first-order valence-electron chi connectivity index (χ1n) is 9.79. The summed E-state index contributed by atoms with van der Waals surface area (Å²) in [7, 11) is 0. The van der Waals surface area contributed by atoms with Crippen LogP contribution in [0.4, 0.5) is 0 Å². The van der Waals surface area contributed by atoms with E-state index in [2.05, 4.69) is 15.5 Å². The first kappa shape index (κ1) is 21.5. The summed E-state index contributed by atoms with van der Waals surface area (Å²) in [4.78, 5) is 7.27. The van der Waals surface area contributed by atoms with Crippen molar-refractivity contribution in [3.63, 3.8) is 0 Å². The molecule has 148 valence electrons. The minimum atomic E-state index is 0. The van der Waals surface area contributed by atoms with Gasteiger partial charge in [-0.2, -0.15) is 0 Å². The molecular formula is C19H33IN4O2. The van der Waals surface area contributed by atoms with Gasteiger partial charge in [-0.05, 0) is 50.9 Å². The molecule has 2 fully saturated rings. The van der Waals surface area contributed by atoms with E-state index in [0.29, 0.717) is 0 Å². The van der Waals surface area contributed by atoms with Crippen LogP contribution < -0.4 is 10.6 Å². The summed E-state index contributed by atoms with van der Waals surface area (Å²) in [5.41, 5.74) is 0. The van der Waals surface area contributed by atoms with E-state index < -0.39 is 0 Å². The van der Waals surface area contributed by atoms with Gasteiger partial charge in [0.2, 0.25) is 0 Å². The van der Waals surface area contributed by atoms with Gasteiger partial charge in [0.25, 0.3) is 0 Å². The first-order valence-corrected chi connectivity index (χ1v) is 9.79. The summed E-state index contributed by atoms with van der Waals surface area (Å²) in [5.74, 6) is 1.89. The Morgan fingerprint density at radius 3 is 2.73 bits per heavy atom. The molecule has 0 bridgehead atoms. The van der Waals surface area contributed by atoms with Gasteiger partial charge in [0.15, 0.2) is 5.96 Å². The van der Waals surface area contributed by atoms with Crippen molar-refractivity contribution in [1.82, 2.24) is 15.5 Å². The summed E-state index contributed by atoms with van der Waals surface area (Å²) in [6.45, 7) is 6.90. The van der Waals surface area contributed by atoms with Gasteiger partial charge in [-0.15, -0.1) is 24.0 Å². The minimum Gasteiger partial charge on any atom is -0.469 e. The first-order chi connectivity index (χ1) is 12.4. The van der Waals surface area contributed by atoms with Gasteiger partial charge in [-0.3, -0.25) is 4.99 Å². The van der Waals surface area contributed by atoms with Crippen molar-refractivity contribution >= 4 is 29.9 Å². The van der Waals surface area contributed by atoms with Crippen LogP contribution in [0.5, 0.6) is 0 Å². The third-order valence-electron chi connectivity index (χ3n) is 4.89. The van der Waals surface area contributed by atoms with E-state index in [1.807, 2.05) is 12.1 Å². The third kappa shape index (κ3) is 7.84. The molecule has 2 saturated heterocycles. The highest BCUT2D eigenvalue weighted by Crippen LogP contribution is 2.11. The maximum absolute atomic E-state index is 5.68. The molecule has 0 aliphatic carbocycles. The fraction of sp³-hybridized carbons (Fsp3) is 0.737. The number of guanidine groups is 1. The van der Waals surface area contributed by atoms with Gasteiger partial charge in [0.1, 0.15) is 5.76 Å². The lowest BCUT2D eigenvalue weighted by atomic mass is 10.1. The summed E-state index contributed by atoms with van der Waals surface area (Å²) in [6, 6.07) is 3.94. The van der Waals surface area contributed by atoms with Crippen LogP contribution in [0.2, 0.25) is 0 Å². The van der Waals surface area contributed by atoms with E-state index in [-0.39, 0.29) is 30.1 Å². The lowest BCUT2D eigenvalue weighted by Gasteiger charge is -2.26. The zero-order chi connectivity index (χ0) is 17.2. The van der Waals surface area contributed by atoms with Crippen LogP contribution in [0.3, 0.4) is 0 Å². The van der Waals surface area contributed by atoms with Crippen LogP contribution in [0, 0.1) is 0 Å². The summed E-state index contributed by atoms with van der Waals surface area (Å²) in [5, 5.41) is 6.91. The average Bonchev–Trinajstić information content (AvgIpc) is 3.34. The SMILES string of the molecule is I.c1coc(CCNC(=NCC2CCCO2)NCCN2CCCCC2)c1. The Bertz CT molecular complexity index is 498. The molecule has 1 aromatic rings. The second-order valence-corrected chi connectivity index (χ2v) is 6.91. The number of rotatable bonds is 8. The fourth-order valence-electron chi connectivity index (χ4n) is 3.43. The predicted molar refractivity (Wildman–Crippen MR) is 115 cm³/mol. The Labute approximate surface area is 174 Å². The Morgan fingerprint density at radius 1 is 1.15 bits per heavy atom. The maximum Gasteiger partial charge on any atom is 0.191 e. The molecule has 6 nitrogen and oxygen atoms in total. The molecule has 0 amide bonds. The zero-order valence-corrected chi connectivity index (χ0v) is 18.0. The van der Waals surface area contributed by atoms with E-state index in [4.69, 9.17) is 14.1 Å². The fourth-order valence-corrected chi connectivity index (χ4v) is 3.43. The van der Waals surface area contributed by atoms with Gasteiger partial charge in [-0.1, -0.05) is 6.42 Å². The van der Waals surface area contributed by atoms with Gasteiger partial charge in [-0.25, -0.2) is 0 Å². The largest absolute Gasteiger partial charge is 0.469 e. The number of ether oxygens (including phenoxy) is 1. The van der Waals surface area contributed by atoms with Crippen molar-refractivity contribution in [2.75, 3.05) is 45.9 Å². The number of piperidine rings is 1. The van der Waals surface area contributed by atoms with E-state index in [9.17, 15) is 0 Å². The van der Waals surface area contributed by atoms with Crippen molar-refractivity contribution in [3.8, 4) is 0 Å². The molecule has 7 heteroatoms. The number of nitrogens with one attached hydrogen (secondary N) is 2. The zero-order valence-electron chi connectivity index (χ0n) is 15.6. The molecule has 2 aliphatic rings. The maximum atomic E-state index is 5.68. The van der Waals surface area contributed by atoms with Crippen LogP contribution in [0.15, 0.2) is 27.8 Å². The average molecular weight is 476 g/mol. The van der Waals surface area contributed by atoms with E-state index in [1.165, 1.54) is 32.4 Å². The standard InChI is InChI=1S/C19H32N4O2.HI/c1-2-11-23(12-3-1)13-10-21-19(22-16-18-7-5-15-25-18)20-9-8-17-6-4-14-24-17;/h4,6,14,18H,1-3,5,7-13,15-16H2,(H2,20,21,22);1H. The lowest BCUT2D eigenvalue weighted by molar-refractivity contribution is 0.117. The topological polar surface area (TPSA) is 62.0 Å². The van der Waals surface area contributed by atoms with E-state index in [0.717, 1.165) is 63.8 Å². The molecule has 3 heterocycles. The smallest absolute Gasteiger partial charge is 0.191 e. The van der Waals surface area contributed by atoms with Crippen molar-refractivity contribution in [2.24, 2.45) is 4.99 Å². The number of hydrogen-bond donors (Lipinski definition) is 2. The second-order valence-electron chi connectivity index (χ2n) is 6.91. The summed E-state index contributed by atoms with van der Waals surface area (Å²) >= 11 is 0. The van der Waals surface area contributed by atoms with Crippen LogP contribution in [-0.4, -0.2) is 62.8 Å².